The highest BCUT2D eigenvalue weighted by molar-refractivity contribution is 6.03. The Morgan fingerprint density at radius 2 is 2.16 bits per heavy atom. The number of aromatic amines is 1. The number of H-pyrrole nitrogens is 1. The van der Waals surface area contributed by atoms with Crippen molar-refractivity contribution < 1.29 is 14.3 Å². The number of nitrogens with two attached hydrogens (primary N) is 1. The van der Waals surface area contributed by atoms with Crippen molar-refractivity contribution in [3.63, 3.8) is 0 Å². The number of nitrogens with one attached hydrogen (secondary N) is 1. The summed E-state index contributed by atoms with van der Waals surface area (Å²) in [5.74, 6) is 1.38. The molecule has 1 aromatic carbocycles. The van der Waals surface area contributed by atoms with Gasteiger partial charge in [0.15, 0.2) is 5.78 Å². The van der Waals surface area contributed by atoms with E-state index in [1.54, 1.807) is 24.5 Å². The van der Waals surface area contributed by atoms with Gasteiger partial charge in [0.1, 0.15) is 17.3 Å². The van der Waals surface area contributed by atoms with Crippen molar-refractivity contribution in [3.8, 4) is 11.5 Å². The molecule has 0 atom stereocenters. The predicted molar refractivity (Wildman–Crippen MR) is 70.6 cm³/mol. The molecule has 0 aliphatic heterocycles. The summed E-state index contributed by atoms with van der Waals surface area (Å²) in [6.07, 6.45) is 3.41. The number of imidazole rings is 1. The highest BCUT2D eigenvalue weighted by Gasteiger charge is 2.17. The lowest BCUT2D eigenvalue weighted by molar-refractivity contribution is 0.0991. The third-order valence-corrected chi connectivity index (χ3v) is 2.75. The average Bonchev–Trinajstić information content (AvgIpc) is 2.91. The van der Waals surface area contributed by atoms with Crippen LogP contribution in [0.5, 0.6) is 11.5 Å². The molecule has 0 amide bonds. The largest absolute Gasteiger partial charge is 0.497 e. The van der Waals surface area contributed by atoms with Crippen LogP contribution >= 0.6 is 0 Å². The summed E-state index contributed by atoms with van der Waals surface area (Å²) < 4.78 is 10.3. The number of carbonyl (C=O) groups is 1. The number of anilines is 1. The summed E-state index contributed by atoms with van der Waals surface area (Å²) in [6, 6.07) is 3.24. The van der Waals surface area contributed by atoms with Gasteiger partial charge < -0.3 is 20.2 Å². The molecule has 0 aliphatic rings. The zero-order valence-corrected chi connectivity index (χ0v) is 10.8. The molecule has 0 radical (unpaired) electrons. The minimum Gasteiger partial charge on any atom is -0.497 e. The Morgan fingerprint density at radius 3 is 2.74 bits per heavy atom. The first-order valence-electron chi connectivity index (χ1n) is 5.68. The number of methoxy groups -OCH3 is 2. The number of nitrogens with zero attached hydrogens (tertiary/aromatic N) is 1. The van der Waals surface area contributed by atoms with Crippen molar-refractivity contribution in [1.82, 2.24) is 9.97 Å². The summed E-state index contributed by atoms with van der Waals surface area (Å²) >= 11 is 0. The molecule has 0 saturated heterocycles. The lowest BCUT2D eigenvalue weighted by Gasteiger charge is -2.11. The second-order valence-electron chi connectivity index (χ2n) is 3.93. The fourth-order valence-corrected chi connectivity index (χ4v) is 1.76. The maximum absolute atomic E-state index is 12.2. The summed E-state index contributed by atoms with van der Waals surface area (Å²) in [7, 11) is 3.01. The molecular formula is C13H15N3O3. The number of ketones is 1. The number of hydrogen-bond donors (Lipinski definition) is 2. The van der Waals surface area contributed by atoms with E-state index in [2.05, 4.69) is 9.97 Å². The molecule has 0 saturated carbocycles. The molecule has 0 unspecified atom stereocenters. The van der Waals surface area contributed by atoms with Crippen LogP contribution in [0.3, 0.4) is 0 Å². The van der Waals surface area contributed by atoms with E-state index in [0.29, 0.717) is 28.6 Å². The van der Waals surface area contributed by atoms with Gasteiger partial charge in [-0.15, -0.1) is 0 Å². The smallest absolute Gasteiger partial charge is 0.172 e. The molecule has 3 N–H and O–H groups in total. The average molecular weight is 261 g/mol. The van der Waals surface area contributed by atoms with Crippen molar-refractivity contribution in [2.45, 2.75) is 6.42 Å². The number of ether oxygens (including phenoxy) is 2. The zero-order chi connectivity index (χ0) is 13.8. The van der Waals surface area contributed by atoms with Crippen molar-refractivity contribution in [2.24, 2.45) is 0 Å². The number of aromatic nitrogens is 2. The number of nitrogen functional groups attached to an aromatic ring is 1. The first kappa shape index (κ1) is 12.9. The highest BCUT2D eigenvalue weighted by Crippen LogP contribution is 2.31. The molecule has 1 aromatic heterocycles. The molecule has 6 heteroatoms. The molecular weight excluding hydrogens is 246 g/mol. The molecule has 2 aromatic rings. The predicted octanol–water partition coefficient (Wildman–Crippen LogP) is 1.43. The molecule has 0 aliphatic carbocycles. The van der Waals surface area contributed by atoms with E-state index in [-0.39, 0.29) is 12.2 Å². The maximum Gasteiger partial charge on any atom is 0.172 e. The third-order valence-electron chi connectivity index (χ3n) is 2.75. The van der Waals surface area contributed by atoms with Gasteiger partial charge in [-0.3, -0.25) is 4.79 Å². The van der Waals surface area contributed by atoms with Gasteiger partial charge in [0.2, 0.25) is 0 Å². The second kappa shape index (κ2) is 5.43. The van der Waals surface area contributed by atoms with E-state index < -0.39 is 0 Å². The Labute approximate surface area is 110 Å². The van der Waals surface area contributed by atoms with Gasteiger partial charge in [-0.05, 0) is 6.07 Å². The Kier molecular flexibility index (Phi) is 3.70. The van der Waals surface area contributed by atoms with Crippen molar-refractivity contribution in [2.75, 3.05) is 20.0 Å². The molecule has 0 fully saturated rings. The van der Waals surface area contributed by atoms with Gasteiger partial charge in [-0.25, -0.2) is 4.98 Å². The Hall–Kier alpha value is -2.50. The van der Waals surface area contributed by atoms with Crippen LogP contribution in [0.2, 0.25) is 0 Å². The lowest BCUT2D eigenvalue weighted by Crippen LogP contribution is -2.09. The van der Waals surface area contributed by atoms with E-state index in [4.69, 9.17) is 15.2 Å². The first-order valence-corrected chi connectivity index (χ1v) is 5.68. The molecule has 19 heavy (non-hydrogen) atoms. The van der Waals surface area contributed by atoms with Crippen molar-refractivity contribution in [1.29, 1.82) is 0 Å². The van der Waals surface area contributed by atoms with Crippen molar-refractivity contribution in [3.05, 3.63) is 35.9 Å². The van der Waals surface area contributed by atoms with Crippen LogP contribution in [0.25, 0.3) is 0 Å². The quantitative estimate of drug-likeness (QED) is 0.627. The van der Waals surface area contributed by atoms with Crippen molar-refractivity contribution >= 4 is 11.5 Å². The van der Waals surface area contributed by atoms with E-state index in [1.807, 2.05) is 0 Å². The molecule has 2 rings (SSSR count). The standard InChI is InChI=1S/C13H15N3O3/c1-18-8-5-9(13(14)11(6-8)19-2)10(17)7-12-15-3-4-16-12/h3-6H,7,14H2,1-2H3,(H,15,16). The Morgan fingerprint density at radius 1 is 1.37 bits per heavy atom. The van der Waals surface area contributed by atoms with Gasteiger partial charge in [0.05, 0.1) is 26.3 Å². The fraction of sp³-hybridized carbons (Fsp3) is 0.231. The minimum absolute atomic E-state index is 0.146. The van der Waals surface area contributed by atoms with E-state index >= 15 is 0 Å². The van der Waals surface area contributed by atoms with Crippen LogP contribution in [0.15, 0.2) is 24.5 Å². The molecule has 0 spiro atoms. The summed E-state index contributed by atoms with van der Waals surface area (Å²) in [5.41, 5.74) is 6.59. The maximum atomic E-state index is 12.2. The van der Waals surface area contributed by atoms with Gasteiger partial charge in [-0.2, -0.15) is 0 Å². The Bertz CT molecular complexity index is 579. The summed E-state index contributed by atoms with van der Waals surface area (Å²) in [4.78, 5) is 19.1. The lowest BCUT2D eigenvalue weighted by atomic mass is 10.0. The normalized spacial score (nSPS) is 10.2. The first-order chi connectivity index (χ1) is 9.15. The van der Waals surface area contributed by atoms with Gasteiger partial charge >= 0.3 is 0 Å². The number of carbonyl (C=O) groups excluding carboxylic acids is 1. The van der Waals surface area contributed by atoms with Crippen LogP contribution in [0.4, 0.5) is 5.69 Å². The van der Waals surface area contributed by atoms with Crippen LogP contribution in [-0.2, 0) is 6.42 Å². The zero-order valence-electron chi connectivity index (χ0n) is 10.8. The van der Waals surface area contributed by atoms with E-state index in [0.717, 1.165) is 0 Å². The molecule has 0 bridgehead atoms. The Balaban J connectivity index is 2.35. The van der Waals surface area contributed by atoms with Gasteiger partial charge in [0.25, 0.3) is 0 Å². The summed E-state index contributed by atoms with van der Waals surface area (Å²) in [6.45, 7) is 0. The number of Topliss-reactive ketones (excluding diaryl/α,β-unsaturated/α-hetero) is 1. The van der Waals surface area contributed by atoms with Crippen LogP contribution in [0.1, 0.15) is 16.2 Å². The van der Waals surface area contributed by atoms with E-state index in [9.17, 15) is 4.79 Å². The second-order valence-corrected chi connectivity index (χ2v) is 3.93. The SMILES string of the molecule is COc1cc(OC)c(N)c(C(=O)Cc2ncc[nH]2)c1. The van der Waals surface area contributed by atoms with Gasteiger partial charge in [0, 0.05) is 24.0 Å². The fourth-order valence-electron chi connectivity index (χ4n) is 1.76. The molecule has 6 nitrogen and oxygen atoms in total. The van der Waals surface area contributed by atoms with Crippen LogP contribution in [0, 0.1) is 0 Å². The number of rotatable bonds is 5. The van der Waals surface area contributed by atoms with Gasteiger partial charge in [-0.1, -0.05) is 0 Å². The molecule has 100 valence electrons. The number of hydrogen-bond acceptors (Lipinski definition) is 5. The third kappa shape index (κ3) is 2.67. The minimum atomic E-state index is -0.148. The highest BCUT2D eigenvalue weighted by atomic mass is 16.5. The van der Waals surface area contributed by atoms with E-state index in [1.165, 1.54) is 14.2 Å². The van der Waals surface area contributed by atoms with Crippen LogP contribution in [-0.4, -0.2) is 30.0 Å². The topological polar surface area (TPSA) is 90.2 Å². The number of benzene rings is 1. The summed E-state index contributed by atoms with van der Waals surface area (Å²) in [5, 5.41) is 0. The molecule has 1 heterocycles. The monoisotopic (exact) mass is 261 g/mol. The van der Waals surface area contributed by atoms with Crippen LogP contribution < -0.4 is 15.2 Å².